The minimum Gasteiger partial charge on any atom is -0.495 e. The molecule has 1 heterocycles. The molecule has 0 aliphatic carbocycles. The highest BCUT2D eigenvalue weighted by atomic mass is 32.2. The number of halogens is 1. The van der Waals surface area contributed by atoms with Gasteiger partial charge in [0.2, 0.25) is 10.0 Å². The maximum absolute atomic E-state index is 13.4. The fraction of sp³-hybridized carbons (Fsp3) is 0.333. The second-order valence-electron chi connectivity index (χ2n) is 5.14. The lowest BCUT2D eigenvalue weighted by Crippen LogP contribution is -2.34. The van der Waals surface area contributed by atoms with Gasteiger partial charge in [-0.15, -0.1) is 0 Å². The van der Waals surface area contributed by atoms with Gasteiger partial charge in [0.15, 0.2) is 0 Å². The highest BCUT2D eigenvalue weighted by Crippen LogP contribution is 2.25. The second-order valence-corrected chi connectivity index (χ2v) is 6.88. The van der Waals surface area contributed by atoms with Crippen LogP contribution >= 0.6 is 0 Å². The highest BCUT2D eigenvalue weighted by molar-refractivity contribution is 7.89. The van der Waals surface area contributed by atoms with E-state index in [0.29, 0.717) is 5.76 Å². The Labute approximate surface area is 134 Å². The molecular weight excluding hydrogens is 323 g/mol. The first-order valence-corrected chi connectivity index (χ1v) is 8.36. The Hall–Kier alpha value is -1.90. The summed E-state index contributed by atoms with van der Waals surface area (Å²) in [5.74, 6) is 0.0589. The van der Waals surface area contributed by atoms with Gasteiger partial charge in [-0.2, -0.15) is 0 Å². The van der Waals surface area contributed by atoms with Gasteiger partial charge in [-0.3, -0.25) is 4.90 Å². The highest BCUT2D eigenvalue weighted by Gasteiger charge is 2.24. The molecule has 0 fully saturated rings. The largest absolute Gasteiger partial charge is 0.495 e. The zero-order valence-corrected chi connectivity index (χ0v) is 13.9. The summed E-state index contributed by atoms with van der Waals surface area (Å²) in [5.41, 5.74) is 0. The molecule has 2 aromatic rings. The van der Waals surface area contributed by atoms with E-state index in [2.05, 4.69) is 4.72 Å². The molecule has 0 aliphatic rings. The number of furan rings is 1. The molecule has 126 valence electrons. The van der Waals surface area contributed by atoms with Gasteiger partial charge < -0.3 is 9.15 Å². The van der Waals surface area contributed by atoms with Crippen molar-refractivity contribution >= 4 is 10.0 Å². The van der Waals surface area contributed by atoms with E-state index in [0.717, 1.165) is 12.1 Å². The lowest BCUT2D eigenvalue weighted by atomic mass is 10.2. The first kappa shape index (κ1) is 17.5. The molecule has 0 radical (unpaired) electrons. The molecular formula is C15H19FN2O4S. The van der Waals surface area contributed by atoms with Crippen molar-refractivity contribution in [3.63, 3.8) is 0 Å². The summed E-state index contributed by atoms with van der Waals surface area (Å²) in [7, 11) is 1.02. The second kappa shape index (κ2) is 7.12. The van der Waals surface area contributed by atoms with Gasteiger partial charge in [0.05, 0.1) is 19.4 Å². The molecule has 1 aromatic carbocycles. The van der Waals surface area contributed by atoms with E-state index < -0.39 is 15.8 Å². The van der Waals surface area contributed by atoms with Gasteiger partial charge in [0.25, 0.3) is 0 Å². The Morgan fingerprint density at radius 3 is 2.65 bits per heavy atom. The van der Waals surface area contributed by atoms with Crippen LogP contribution in [0.25, 0.3) is 0 Å². The number of likely N-dealkylation sites (N-methyl/N-ethyl adjacent to an activating group) is 1. The molecule has 8 heteroatoms. The van der Waals surface area contributed by atoms with Crippen molar-refractivity contribution in [3.8, 4) is 5.75 Å². The molecule has 0 aliphatic heterocycles. The molecule has 0 unspecified atom stereocenters. The summed E-state index contributed by atoms with van der Waals surface area (Å²) in [6.45, 7) is 0.0719. The minimum absolute atomic E-state index is 0.0719. The van der Waals surface area contributed by atoms with Crippen LogP contribution in [0.4, 0.5) is 4.39 Å². The van der Waals surface area contributed by atoms with Gasteiger partial charge in [-0.1, -0.05) is 0 Å². The molecule has 0 amide bonds. The van der Waals surface area contributed by atoms with E-state index in [1.807, 2.05) is 19.0 Å². The van der Waals surface area contributed by atoms with Crippen LogP contribution in [0.2, 0.25) is 0 Å². The molecule has 0 saturated carbocycles. The Morgan fingerprint density at radius 2 is 2.09 bits per heavy atom. The maximum Gasteiger partial charge on any atom is 0.244 e. The molecule has 0 spiro atoms. The van der Waals surface area contributed by atoms with E-state index >= 15 is 0 Å². The molecule has 1 N–H and O–H groups in total. The molecule has 1 atom stereocenters. The van der Waals surface area contributed by atoms with Crippen molar-refractivity contribution in [2.45, 2.75) is 10.9 Å². The molecule has 23 heavy (non-hydrogen) atoms. The zero-order valence-electron chi connectivity index (χ0n) is 13.1. The lowest BCUT2D eigenvalue weighted by molar-refractivity contribution is 0.259. The summed E-state index contributed by atoms with van der Waals surface area (Å²) in [5, 5.41) is 0. The van der Waals surface area contributed by atoms with Crippen LogP contribution in [0.1, 0.15) is 11.8 Å². The summed E-state index contributed by atoms with van der Waals surface area (Å²) >= 11 is 0. The van der Waals surface area contributed by atoms with E-state index in [-0.39, 0.29) is 23.2 Å². The summed E-state index contributed by atoms with van der Waals surface area (Å²) in [4.78, 5) is 1.58. The summed E-state index contributed by atoms with van der Waals surface area (Å²) < 4.78 is 51.1. The number of sulfonamides is 1. The molecule has 6 nitrogen and oxygen atoms in total. The Balaban J connectivity index is 2.23. The van der Waals surface area contributed by atoms with Gasteiger partial charge in [0.1, 0.15) is 22.2 Å². The van der Waals surface area contributed by atoms with Crippen molar-refractivity contribution in [2.24, 2.45) is 0 Å². The predicted octanol–water partition coefficient (Wildman–Crippen LogP) is 2.01. The Kier molecular flexibility index (Phi) is 5.40. The Morgan fingerprint density at radius 1 is 1.35 bits per heavy atom. The topological polar surface area (TPSA) is 71.8 Å². The zero-order chi connectivity index (χ0) is 17.0. The third-order valence-electron chi connectivity index (χ3n) is 3.38. The number of rotatable bonds is 7. The normalized spacial score (nSPS) is 13.3. The van der Waals surface area contributed by atoms with E-state index in [1.54, 1.807) is 12.1 Å². The van der Waals surface area contributed by atoms with Gasteiger partial charge in [0, 0.05) is 6.54 Å². The molecule has 0 bridgehead atoms. The van der Waals surface area contributed by atoms with Crippen molar-refractivity contribution in [1.82, 2.24) is 9.62 Å². The number of benzene rings is 1. The minimum atomic E-state index is -3.93. The summed E-state index contributed by atoms with van der Waals surface area (Å²) in [6, 6.07) is 6.55. The quantitative estimate of drug-likeness (QED) is 0.833. The monoisotopic (exact) mass is 342 g/mol. The van der Waals surface area contributed by atoms with Crippen LogP contribution in [-0.2, 0) is 10.0 Å². The van der Waals surface area contributed by atoms with Crippen LogP contribution in [-0.4, -0.2) is 41.1 Å². The fourth-order valence-electron chi connectivity index (χ4n) is 2.15. The van der Waals surface area contributed by atoms with Crippen molar-refractivity contribution in [2.75, 3.05) is 27.7 Å². The third kappa shape index (κ3) is 4.10. The average Bonchev–Trinajstić information content (AvgIpc) is 3.01. The van der Waals surface area contributed by atoms with E-state index in [4.69, 9.17) is 9.15 Å². The fourth-order valence-corrected chi connectivity index (χ4v) is 3.36. The summed E-state index contributed by atoms with van der Waals surface area (Å²) in [6.07, 6.45) is 1.52. The number of nitrogens with zero attached hydrogens (tertiary/aromatic N) is 1. The SMILES string of the molecule is COc1ccc(F)cc1S(=O)(=O)NC[C@H](c1ccco1)N(C)C. The van der Waals surface area contributed by atoms with Gasteiger partial charge >= 0.3 is 0 Å². The van der Waals surface area contributed by atoms with Crippen LogP contribution in [0.5, 0.6) is 5.75 Å². The smallest absolute Gasteiger partial charge is 0.244 e. The standard InChI is InChI=1S/C15H19FN2O4S/c1-18(2)12(13-5-4-8-22-13)10-17-23(19,20)15-9-11(16)6-7-14(15)21-3/h4-9,12,17H,10H2,1-3H3/t12-/m1/s1. The predicted molar refractivity (Wildman–Crippen MR) is 83.3 cm³/mol. The van der Waals surface area contributed by atoms with Gasteiger partial charge in [-0.05, 0) is 44.4 Å². The van der Waals surface area contributed by atoms with E-state index in [9.17, 15) is 12.8 Å². The third-order valence-corrected chi connectivity index (χ3v) is 4.82. The first-order chi connectivity index (χ1) is 10.8. The first-order valence-electron chi connectivity index (χ1n) is 6.88. The van der Waals surface area contributed by atoms with Crippen LogP contribution in [0, 0.1) is 5.82 Å². The molecule has 1 aromatic heterocycles. The van der Waals surface area contributed by atoms with Crippen molar-refractivity contribution in [1.29, 1.82) is 0 Å². The number of nitrogens with one attached hydrogen (secondary N) is 1. The Bertz CT molecular complexity index is 745. The number of hydrogen-bond acceptors (Lipinski definition) is 5. The van der Waals surface area contributed by atoms with Crippen molar-refractivity contribution < 1.29 is 22.0 Å². The average molecular weight is 342 g/mol. The lowest BCUT2D eigenvalue weighted by Gasteiger charge is -2.22. The van der Waals surface area contributed by atoms with Crippen LogP contribution in [0.3, 0.4) is 0 Å². The van der Waals surface area contributed by atoms with Crippen LogP contribution in [0.15, 0.2) is 45.9 Å². The van der Waals surface area contributed by atoms with Crippen LogP contribution < -0.4 is 9.46 Å². The number of methoxy groups -OCH3 is 1. The van der Waals surface area contributed by atoms with Gasteiger partial charge in [-0.25, -0.2) is 17.5 Å². The maximum atomic E-state index is 13.4. The van der Waals surface area contributed by atoms with E-state index in [1.165, 1.54) is 19.4 Å². The molecule has 2 rings (SSSR count). The van der Waals surface area contributed by atoms with Crippen molar-refractivity contribution in [3.05, 3.63) is 48.2 Å². The number of hydrogen-bond donors (Lipinski definition) is 1. The number of ether oxygens (including phenoxy) is 1. The molecule has 0 saturated heterocycles.